The van der Waals surface area contributed by atoms with Gasteiger partial charge in [-0.2, -0.15) is 0 Å². The first kappa shape index (κ1) is 30.6. The van der Waals surface area contributed by atoms with Crippen molar-refractivity contribution in [1.29, 1.82) is 0 Å². The van der Waals surface area contributed by atoms with Crippen LogP contribution < -0.4 is 33.8 Å². The molecule has 0 N–H and O–H groups in total. The Morgan fingerprint density at radius 3 is 2.58 bits per heavy atom. The van der Waals surface area contributed by atoms with E-state index in [1.807, 2.05) is 43.3 Å². The summed E-state index contributed by atoms with van der Waals surface area (Å²) in [4.78, 5) is 45.0. The molecular weight excluding hydrogens is 711 g/mol. The maximum atomic E-state index is 14.3. The molecule has 0 spiro atoms. The first-order valence-electron chi connectivity index (χ1n) is 14.1. The zero-order valence-corrected chi connectivity index (χ0v) is 27.5. The fourth-order valence-corrected chi connectivity index (χ4v) is 6.90. The van der Waals surface area contributed by atoms with Crippen LogP contribution in [0.25, 0.3) is 11.8 Å². The molecular formula is C33H27IN2O8S. The summed E-state index contributed by atoms with van der Waals surface area (Å²) >= 11 is 3.27. The Hall–Kier alpha value is -4.43. The Morgan fingerprint density at radius 1 is 1.07 bits per heavy atom. The van der Waals surface area contributed by atoms with Crippen LogP contribution in [-0.4, -0.2) is 36.5 Å². The van der Waals surface area contributed by atoms with Crippen molar-refractivity contribution >= 4 is 57.6 Å². The molecule has 0 unspecified atom stereocenters. The summed E-state index contributed by atoms with van der Waals surface area (Å²) in [5.41, 5.74) is 2.32. The number of carbonyl (C=O) groups is 2. The van der Waals surface area contributed by atoms with Gasteiger partial charge in [0.05, 0.1) is 38.6 Å². The van der Waals surface area contributed by atoms with E-state index in [4.69, 9.17) is 28.7 Å². The van der Waals surface area contributed by atoms with E-state index in [2.05, 4.69) is 22.6 Å². The second-order valence-electron chi connectivity index (χ2n) is 9.90. The Morgan fingerprint density at radius 2 is 1.84 bits per heavy atom. The quantitative estimate of drug-likeness (QED) is 0.147. The van der Waals surface area contributed by atoms with Crippen molar-refractivity contribution in [2.75, 3.05) is 20.0 Å². The molecule has 0 saturated carbocycles. The summed E-state index contributed by atoms with van der Waals surface area (Å²) < 4.78 is 30.4. The van der Waals surface area contributed by atoms with Crippen LogP contribution in [0.15, 0.2) is 76.0 Å². The lowest BCUT2D eigenvalue weighted by Gasteiger charge is -2.26. The van der Waals surface area contributed by atoms with Crippen LogP contribution >= 0.6 is 33.9 Å². The number of rotatable bonds is 8. The second-order valence-corrected chi connectivity index (χ2v) is 12.1. The average molecular weight is 739 g/mol. The van der Waals surface area contributed by atoms with Gasteiger partial charge in [-0.25, -0.2) is 9.79 Å². The summed E-state index contributed by atoms with van der Waals surface area (Å²) in [5.74, 6) is 0.750. The molecule has 45 heavy (non-hydrogen) atoms. The van der Waals surface area contributed by atoms with Gasteiger partial charge in [0.2, 0.25) is 6.79 Å². The predicted molar refractivity (Wildman–Crippen MR) is 175 cm³/mol. The highest BCUT2D eigenvalue weighted by Gasteiger charge is 2.36. The fraction of sp³-hybridized carbons (Fsp3) is 0.212. The summed E-state index contributed by atoms with van der Waals surface area (Å²) in [7, 11) is 0. The van der Waals surface area contributed by atoms with Crippen LogP contribution in [0.2, 0.25) is 0 Å². The summed E-state index contributed by atoms with van der Waals surface area (Å²) in [6.07, 6.45) is 1.74. The normalized spacial score (nSPS) is 15.4. The molecule has 1 atom stereocenters. The summed E-state index contributed by atoms with van der Waals surface area (Å²) in [6.45, 7) is 5.46. The first-order chi connectivity index (χ1) is 21.8. The molecule has 3 aromatic carbocycles. The molecule has 230 valence electrons. The molecule has 0 radical (unpaired) electrons. The maximum absolute atomic E-state index is 14.3. The third kappa shape index (κ3) is 5.99. The van der Waals surface area contributed by atoms with Crippen LogP contribution in [0, 0.1) is 3.57 Å². The smallest absolute Gasteiger partial charge is 0.338 e. The molecule has 0 aliphatic carbocycles. The van der Waals surface area contributed by atoms with E-state index in [9.17, 15) is 14.4 Å². The Kier molecular flexibility index (Phi) is 8.76. The van der Waals surface area contributed by atoms with Gasteiger partial charge in [-0.1, -0.05) is 47.7 Å². The number of halogens is 1. The standard InChI is InChI=1S/C33H27IN2O8S/c1-4-40-25-14-19(13-22(34)30(25)44-18(3)37)15-26-31(38)36-29(21-11-12-23-24(16-21)43-17-42-23)27(32(39)41-5-2)28(35-33(36)45-26)20-9-7-6-8-10-20/h6-16,29H,4-5,17H2,1-3H3/b26-15+/t29-/m0/s1. The van der Waals surface area contributed by atoms with Crippen LogP contribution in [0.3, 0.4) is 0 Å². The fourth-order valence-electron chi connectivity index (χ4n) is 5.17. The number of aromatic nitrogens is 1. The summed E-state index contributed by atoms with van der Waals surface area (Å²) in [6, 6.07) is 17.4. The van der Waals surface area contributed by atoms with Crippen molar-refractivity contribution in [3.8, 4) is 23.0 Å². The van der Waals surface area contributed by atoms with Crippen molar-refractivity contribution in [3.63, 3.8) is 0 Å². The van der Waals surface area contributed by atoms with Gasteiger partial charge >= 0.3 is 11.9 Å². The molecule has 2 aliphatic rings. The van der Waals surface area contributed by atoms with Gasteiger partial charge in [0.1, 0.15) is 0 Å². The lowest BCUT2D eigenvalue weighted by atomic mass is 9.93. The van der Waals surface area contributed by atoms with E-state index in [0.29, 0.717) is 64.9 Å². The number of fused-ring (bicyclic) bond motifs is 2. The lowest BCUT2D eigenvalue weighted by Crippen LogP contribution is -2.40. The maximum Gasteiger partial charge on any atom is 0.338 e. The van der Waals surface area contributed by atoms with Crippen molar-refractivity contribution in [3.05, 3.63) is 106 Å². The van der Waals surface area contributed by atoms with Crippen LogP contribution in [0.4, 0.5) is 0 Å². The van der Waals surface area contributed by atoms with E-state index in [0.717, 1.165) is 0 Å². The second kappa shape index (κ2) is 12.9. The minimum Gasteiger partial charge on any atom is -0.490 e. The molecule has 0 bridgehead atoms. The molecule has 0 fully saturated rings. The highest BCUT2D eigenvalue weighted by atomic mass is 127. The van der Waals surface area contributed by atoms with Crippen molar-refractivity contribution in [1.82, 2.24) is 4.57 Å². The number of hydrogen-bond acceptors (Lipinski definition) is 10. The van der Waals surface area contributed by atoms with Crippen LogP contribution in [0.5, 0.6) is 23.0 Å². The molecule has 1 aromatic heterocycles. The number of hydrogen-bond donors (Lipinski definition) is 0. The number of esters is 2. The Labute approximate surface area is 275 Å². The van der Waals surface area contributed by atoms with E-state index >= 15 is 0 Å². The molecule has 10 nitrogen and oxygen atoms in total. The number of nitrogens with zero attached hydrogens (tertiary/aromatic N) is 2. The Balaban J connectivity index is 1.60. The zero-order valence-electron chi connectivity index (χ0n) is 24.5. The third-order valence-corrected chi connectivity index (χ3v) is 8.75. The molecule has 3 heterocycles. The monoisotopic (exact) mass is 738 g/mol. The van der Waals surface area contributed by atoms with Crippen LogP contribution in [0.1, 0.15) is 43.5 Å². The first-order valence-corrected chi connectivity index (χ1v) is 16.0. The van der Waals surface area contributed by atoms with Crippen molar-refractivity contribution in [2.24, 2.45) is 4.99 Å². The predicted octanol–water partition coefficient (Wildman–Crippen LogP) is 4.59. The van der Waals surface area contributed by atoms with Gasteiger partial charge in [0.25, 0.3) is 5.56 Å². The van der Waals surface area contributed by atoms with Gasteiger partial charge in [0, 0.05) is 12.5 Å². The van der Waals surface area contributed by atoms with Gasteiger partial charge in [0.15, 0.2) is 27.8 Å². The molecule has 2 aliphatic heterocycles. The molecule has 12 heteroatoms. The molecule has 4 aromatic rings. The van der Waals surface area contributed by atoms with Gasteiger partial charge in [-0.3, -0.25) is 14.2 Å². The van der Waals surface area contributed by atoms with E-state index in [-0.39, 0.29) is 24.5 Å². The zero-order chi connectivity index (χ0) is 31.7. The van der Waals surface area contributed by atoms with E-state index in [1.54, 1.807) is 37.3 Å². The number of benzene rings is 3. The van der Waals surface area contributed by atoms with E-state index < -0.39 is 18.0 Å². The van der Waals surface area contributed by atoms with Crippen molar-refractivity contribution < 1.29 is 33.3 Å². The third-order valence-electron chi connectivity index (χ3n) is 6.96. The minimum absolute atomic E-state index is 0.0795. The number of carbonyl (C=O) groups excluding carboxylic acids is 2. The topological polar surface area (TPSA) is 115 Å². The molecule has 0 saturated heterocycles. The minimum atomic E-state index is -0.863. The largest absolute Gasteiger partial charge is 0.490 e. The SMILES string of the molecule is CCOC(=O)C1=C(c2ccccc2)N=c2s/c(=C/c3cc(I)c(OC(C)=O)c(OCC)c3)c(=O)n2[C@H]1c1ccc2c(c1)OCO2. The summed E-state index contributed by atoms with van der Waals surface area (Å²) in [5, 5.41) is 0. The van der Waals surface area contributed by atoms with Gasteiger partial charge < -0.3 is 23.7 Å². The number of thiazole rings is 1. The van der Waals surface area contributed by atoms with Crippen LogP contribution in [-0.2, 0) is 14.3 Å². The van der Waals surface area contributed by atoms with E-state index in [1.165, 1.54) is 22.8 Å². The van der Waals surface area contributed by atoms with Gasteiger partial charge in [-0.05, 0) is 77.9 Å². The highest BCUT2D eigenvalue weighted by Crippen LogP contribution is 2.40. The number of ether oxygens (including phenoxy) is 5. The highest BCUT2D eigenvalue weighted by molar-refractivity contribution is 14.1. The Bertz CT molecular complexity index is 2030. The lowest BCUT2D eigenvalue weighted by molar-refractivity contribution is -0.139. The molecule has 6 rings (SSSR count). The van der Waals surface area contributed by atoms with Gasteiger partial charge in [-0.15, -0.1) is 0 Å². The molecule has 0 amide bonds. The van der Waals surface area contributed by atoms with Crippen molar-refractivity contribution in [2.45, 2.75) is 26.8 Å². The average Bonchev–Trinajstić information content (AvgIpc) is 3.62.